The van der Waals surface area contributed by atoms with E-state index in [4.69, 9.17) is 5.11 Å². The van der Waals surface area contributed by atoms with E-state index in [0.29, 0.717) is 0 Å². The van der Waals surface area contributed by atoms with Crippen LogP contribution in [-0.2, 0) is 11.2 Å². The van der Waals surface area contributed by atoms with E-state index in [0.717, 1.165) is 0 Å². The first-order valence-corrected chi connectivity index (χ1v) is 4.34. The van der Waals surface area contributed by atoms with E-state index in [-0.39, 0.29) is 17.6 Å². The number of carboxylic acid groups (broad SMARTS) is 1. The Hall–Kier alpha value is -1.71. The van der Waals surface area contributed by atoms with Gasteiger partial charge in [-0.1, -0.05) is 18.2 Å². The number of hydrogen-bond acceptors (Lipinski definition) is 1. The van der Waals surface area contributed by atoms with Crippen molar-refractivity contribution in [3.05, 3.63) is 47.0 Å². The fourth-order valence-corrected chi connectivity index (χ4v) is 1.19. The monoisotopic (exact) mass is 212 g/mol. The Morgan fingerprint density at radius 1 is 1.40 bits per heavy atom. The lowest BCUT2D eigenvalue weighted by atomic mass is 10.1. The van der Waals surface area contributed by atoms with Gasteiger partial charge in [0.2, 0.25) is 5.83 Å². The van der Waals surface area contributed by atoms with Gasteiger partial charge < -0.3 is 5.11 Å². The topological polar surface area (TPSA) is 37.3 Å². The lowest BCUT2D eigenvalue weighted by Gasteiger charge is -2.03. The highest BCUT2D eigenvalue weighted by Gasteiger charge is 2.11. The Bertz CT molecular complexity index is 411. The maximum absolute atomic E-state index is 13.1. The van der Waals surface area contributed by atoms with Gasteiger partial charge in [0.1, 0.15) is 5.82 Å². The minimum atomic E-state index is -1.62. The van der Waals surface area contributed by atoms with Crippen LogP contribution in [0.4, 0.5) is 8.78 Å². The summed E-state index contributed by atoms with van der Waals surface area (Å²) in [7, 11) is 0. The van der Waals surface area contributed by atoms with Crippen LogP contribution in [0.15, 0.2) is 35.7 Å². The Morgan fingerprint density at radius 3 is 2.53 bits per heavy atom. The maximum atomic E-state index is 13.1. The number of carbonyl (C=O) groups is 1. The molecule has 2 nitrogen and oxygen atoms in total. The highest BCUT2D eigenvalue weighted by atomic mass is 19.1. The molecule has 0 fully saturated rings. The van der Waals surface area contributed by atoms with E-state index >= 15 is 0 Å². The number of carboxylic acids is 1. The minimum absolute atomic E-state index is 0.00704. The summed E-state index contributed by atoms with van der Waals surface area (Å²) in [5.74, 6) is -3.31. The van der Waals surface area contributed by atoms with Gasteiger partial charge in [0.25, 0.3) is 0 Å². The summed E-state index contributed by atoms with van der Waals surface area (Å²) in [6, 6.07) is 5.88. The fraction of sp³-hybridized carbons (Fsp3) is 0.182. The van der Waals surface area contributed by atoms with Crippen LogP contribution in [0, 0.1) is 5.82 Å². The summed E-state index contributed by atoms with van der Waals surface area (Å²) in [4.78, 5) is 10.3. The van der Waals surface area contributed by atoms with E-state index in [1.165, 1.54) is 25.1 Å². The third-order valence-corrected chi connectivity index (χ3v) is 1.98. The molecule has 1 aromatic rings. The number of allylic oxidation sites excluding steroid dienone is 1. The van der Waals surface area contributed by atoms with Gasteiger partial charge in [0, 0.05) is 0 Å². The summed E-state index contributed by atoms with van der Waals surface area (Å²) in [5, 5.41) is 8.37. The normalized spacial score (nSPS) is 12.2. The van der Waals surface area contributed by atoms with Crippen molar-refractivity contribution in [2.45, 2.75) is 13.3 Å². The Kier molecular flexibility index (Phi) is 3.55. The molecule has 15 heavy (non-hydrogen) atoms. The predicted octanol–water partition coefficient (Wildman–Crippen LogP) is 2.70. The number of rotatable bonds is 3. The van der Waals surface area contributed by atoms with Crippen LogP contribution in [-0.4, -0.2) is 11.1 Å². The first-order valence-electron chi connectivity index (χ1n) is 4.34. The van der Waals surface area contributed by atoms with E-state index in [2.05, 4.69) is 0 Å². The maximum Gasteiger partial charge on any atom is 0.364 e. The SMILES string of the molecule is CC(Cc1ccccc1F)=C(F)C(=O)O. The molecule has 0 amide bonds. The molecular weight excluding hydrogens is 202 g/mol. The molecule has 0 spiro atoms. The van der Waals surface area contributed by atoms with E-state index in [1.807, 2.05) is 0 Å². The molecule has 0 aromatic heterocycles. The summed E-state index contributed by atoms with van der Waals surface area (Å²) in [6.45, 7) is 1.33. The molecule has 0 atom stereocenters. The molecule has 0 unspecified atom stereocenters. The Morgan fingerprint density at radius 2 is 2.00 bits per heavy atom. The van der Waals surface area contributed by atoms with Crippen molar-refractivity contribution in [1.82, 2.24) is 0 Å². The third-order valence-electron chi connectivity index (χ3n) is 1.98. The van der Waals surface area contributed by atoms with E-state index in [1.54, 1.807) is 6.07 Å². The summed E-state index contributed by atoms with van der Waals surface area (Å²) in [5.41, 5.74) is 0.291. The van der Waals surface area contributed by atoms with Crippen molar-refractivity contribution in [3.8, 4) is 0 Å². The smallest absolute Gasteiger partial charge is 0.364 e. The fourth-order valence-electron chi connectivity index (χ4n) is 1.19. The number of aliphatic carboxylic acids is 1. The van der Waals surface area contributed by atoms with Crippen molar-refractivity contribution >= 4 is 5.97 Å². The molecule has 0 radical (unpaired) electrons. The third kappa shape index (κ3) is 2.87. The predicted molar refractivity (Wildman–Crippen MR) is 51.5 cm³/mol. The van der Waals surface area contributed by atoms with Crippen LogP contribution in [0.1, 0.15) is 12.5 Å². The zero-order valence-electron chi connectivity index (χ0n) is 8.13. The lowest BCUT2D eigenvalue weighted by molar-refractivity contribution is -0.134. The van der Waals surface area contributed by atoms with Crippen molar-refractivity contribution in [2.24, 2.45) is 0 Å². The molecule has 1 rings (SSSR count). The van der Waals surface area contributed by atoms with Crippen molar-refractivity contribution in [3.63, 3.8) is 0 Å². The summed E-state index contributed by atoms with van der Waals surface area (Å²) >= 11 is 0. The van der Waals surface area contributed by atoms with Gasteiger partial charge in [-0.2, -0.15) is 4.39 Å². The van der Waals surface area contributed by atoms with Gasteiger partial charge in [-0.15, -0.1) is 0 Å². The van der Waals surface area contributed by atoms with Crippen LogP contribution in [0.5, 0.6) is 0 Å². The van der Waals surface area contributed by atoms with E-state index in [9.17, 15) is 13.6 Å². The van der Waals surface area contributed by atoms with E-state index < -0.39 is 17.6 Å². The van der Waals surface area contributed by atoms with Crippen LogP contribution in [0.3, 0.4) is 0 Å². The average Bonchev–Trinajstić information content (AvgIpc) is 2.20. The van der Waals surface area contributed by atoms with Gasteiger partial charge in [-0.05, 0) is 30.5 Å². The number of hydrogen-bond donors (Lipinski definition) is 1. The van der Waals surface area contributed by atoms with Crippen LogP contribution >= 0.6 is 0 Å². The zero-order valence-corrected chi connectivity index (χ0v) is 8.13. The van der Waals surface area contributed by atoms with Crippen molar-refractivity contribution < 1.29 is 18.7 Å². The van der Waals surface area contributed by atoms with Crippen LogP contribution in [0.25, 0.3) is 0 Å². The highest BCUT2D eigenvalue weighted by molar-refractivity contribution is 5.84. The van der Waals surface area contributed by atoms with Crippen LogP contribution in [0.2, 0.25) is 0 Å². The highest BCUT2D eigenvalue weighted by Crippen LogP contribution is 2.15. The molecule has 0 aliphatic carbocycles. The van der Waals surface area contributed by atoms with Crippen molar-refractivity contribution in [1.29, 1.82) is 0 Å². The second kappa shape index (κ2) is 4.68. The van der Waals surface area contributed by atoms with Gasteiger partial charge in [0.05, 0.1) is 0 Å². The van der Waals surface area contributed by atoms with Gasteiger partial charge >= 0.3 is 5.97 Å². The molecule has 0 saturated carbocycles. The van der Waals surface area contributed by atoms with Crippen molar-refractivity contribution in [2.75, 3.05) is 0 Å². The molecule has 1 N–H and O–H groups in total. The Labute approximate surface area is 85.9 Å². The molecule has 80 valence electrons. The molecule has 1 aromatic carbocycles. The van der Waals surface area contributed by atoms with Gasteiger partial charge in [-0.25, -0.2) is 9.18 Å². The number of benzene rings is 1. The molecular formula is C11H10F2O2. The zero-order chi connectivity index (χ0) is 11.4. The first kappa shape index (κ1) is 11.4. The lowest BCUT2D eigenvalue weighted by Crippen LogP contribution is -2.01. The largest absolute Gasteiger partial charge is 0.476 e. The van der Waals surface area contributed by atoms with Gasteiger partial charge in [-0.3, -0.25) is 0 Å². The van der Waals surface area contributed by atoms with Crippen LogP contribution < -0.4 is 0 Å². The standard InChI is InChI=1S/C11H10F2O2/c1-7(10(13)11(14)15)6-8-4-2-3-5-9(8)12/h2-5H,6H2,1H3,(H,14,15). The Balaban J connectivity index is 2.93. The molecule has 4 heteroatoms. The quantitative estimate of drug-likeness (QED) is 0.782. The molecule has 0 bridgehead atoms. The average molecular weight is 212 g/mol. The molecule has 0 heterocycles. The summed E-state index contributed by atoms with van der Waals surface area (Å²) < 4.78 is 26.0. The molecule has 0 saturated heterocycles. The first-order chi connectivity index (χ1) is 7.02. The second-order valence-electron chi connectivity index (χ2n) is 3.17. The molecule has 0 aliphatic heterocycles. The minimum Gasteiger partial charge on any atom is -0.476 e. The number of halogens is 2. The summed E-state index contributed by atoms with van der Waals surface area (Å²) in [6.07, 6.45) is -0.0369. The molecule has 0 aliphatic rings. The second-order valence-corrected chi connectivity index (χ2v) is 3.17. The van der Waals surface area contributed by atoms with Gasteiger partial charge in [0.15, 0.2) is 0 Å².